The summed E-state index contributed by atoms with van der Waals surface area (Å²) < 4.78 is 12.1. The molecule has 0 spiro atoms. The number of nitrogens with two attached hydrogens (primary N) is 1. The Bertz CT molecular complexity index is 1600. The second kappa shape index (κ2) is 27.1. The minimum Gasteiger partial charge on any atom is -0.388 e. The van der Waals surface area contributed by atoms with Gasteiger partial charge in [-0.05, 0) is 68.4 Å². The molecule has 1 aromatic carbocycles. The molecule has 1 heterocycles. The zero-order valence-electron chi connectivity index (χ0n) is 41.0. The van der Waals surface area contributed by atoms with Crippen LogP contribution in [0.2, 0.25) is 0 Å². The quantitative estimate of drug-likeness (QED) is 0.0827. The second-order valence-corrected chi connectivity index (χ2v) is 19.1. The van der Waals surface area contributed by atoms with E-state index in [2.05, 4.69) is 0 Å². The second-order valence-electron chi connectivity index (χ2n) is 19.1. The largest absolute Gasteiger partial charge is 0.388 e. The molecule has 0 radical (unpaired) electrons. The number of carbonyl (C=O) groups excluding carboxylic acids is 6. The van der Waals surface area contributed by atoms with Gasteiger partial charge in [-0.2, -0.15) is 0 Å². The molecular formula is C50H84N4O9. The number of likely N-dealkylation sites (tertiary alicyclic amines) is 1. The maximum atomic E-state index is 14.7. The van der Waals surface area contributed by atoms with Crippen molar-refractivity contribution in [2.75, 3.05) is 41.4 Å². The number of amides is 3. The standard InChI is InChI=1S/C50H84N4O9/c1-14-33(6)46(53(11)50(61)39(31(2)3)29-42(57)45(32(4)5)52(10)49(60)38(28-35(8)55)23-18-19-25-51)43(62-12)30-44(58)54-26-20-24-40(54)48(63-13)36(9)41(56)27-34(7)47(59)37-21-16-15-17-22-37/h15-17,21-22,31-34,36,38-40,43,45-48,59H,14,18-20,23-30,51H2,1-13H3/t33-,34-,36-,38+,39-,40-,43+,45-,46-,47+,48+/m0/s1. The highest BCUT2D eigenvalue weighted by atomic mass is 16.5. The van der Waals surface area contributed by atoms with Crippen molar-refractivity contribution in [2.45, 2.75) is 163 Å². The Kier molecular flexibility index (Phi) is 23.9. The SMILES string of the molecule is CC[C@H](C)[C@@H]([C@@H](CC(=O)N1CCC[C@H]1[C@H](OC)[C@@H](C)C(=O)C[C@H](C)[C@@H](O)c1ccccc1)OC)N(C)C(=O)[C@@H](CC(=O)[C@H](C(C)C)N(C)C(=O)[C@H](CCCCN)CC(C)=O)C(C)C. The van der Waals surface area contributed by atoms with Crippen molar-refractivity contribution in [3.63, 3.8) is 0 Å². The van der Waals surface area contributed by atoms with Gasteiger partial charge in [-0.15, -0.1) is 0 Å². The van der Waals surface area contributed by atoms with Crippen LogP contribution in [0.5, 0.6) is 0 Å². The van der Waals surface area contributed by atoms with Gasteiger partial charge in [0, 0.05) is 71.9 Å². The normalized spacial score (nSPS) is 19.1. The number of unbranched alkanes of at least 4 members (excludes halogenated alkanes) is 1. The summed E-state index contributed by atoms with van der Waals surface area (Å²) in [5.74, 6) is -3.62. The van der Waals surface area contributed by atoms with Gasteiger partial charge in [0.1, 0.15) is 11.6 Å². The van der Waals surface area contributed by atoms with Crippen LogP contribution in [0.3, 0.4) is 0 Å². The molecule has 13 nitrogen and oxygen atoms in total. The lowest BCUT2D eigenvalue weighted by Crippen LogP contribution is -2.54. The number of rotatable bonds is 29. The van der Waals surface area contributed by atoms with E-state index < -0.39 is 48.1 Å². The number of aliphatic hydroxyl groups is 1. The number of hydrogen-bond donors (Lipinski definition) is 2. The minimum atomic E-state index is -0.790. The van der Waals surface area contributed by atoms with Crippen molar-refractivity contribution >= 4 is 35.1 Å². The van der Waals surface area contributed by atoms with E-state index in [1.165, 1.54) is 11.8 Å². The van der Waals surface area contributed by atoms with Crippen LogP contribution in [0, 0.1) is 41.4 Å². The Morgan fingerprint density at radius 2 is 1.44 bits per heavy atom. The molecular weight excluding hydrogens is 801 g/mol. The first kappa shape index (κ1) is 55.6. The number of aliphatic hydroxyl groups excluding tert-OH is 1. The van der Waals surface area contributed by atoms with E-state index in [0.29, 0.717) is 38.8 Å². The highest BCUT2D eigenvalue weighted by Crippen LogP contribution is 2.33. The predicted octanol–water partition coefficient (Wildman–Crippen LogP) is 6.67. The van der Waals surface area contributed by atoms with Gasteiger partial charge in [-0.3, -0.25) is 24.0 Å². The maximum Gasteiger partial charge on any atom is 0.226 e. The van der Waals surface area contributed by atoms with Crippen molar-refractivity contribution < 1.29 is 43.3 Å². The highest BCUT2D eigenvalue weighted by molar-refractivity contribution is 5.94. The summed E-state index contributed by atoms with van der Waals surface area (Å²) in [6.07, 6.45) is 2.21. The van der Waals surface area contributed by atoms with Crippen LogP contribution in [0.25, 0.3) is 0 Å². The number of methoxy groups -OCH3 is 2. The van der Waals surface area contributed by atoms with E-state index >= 15 is 0 Å². The number of carbonyl (C=O) groups is 6. The first-order valence-corrected chi connectivity index (χ1v) is 23.5. The van der Waals surface area contributed by atoms with E-state index in [4.69, 9.17) is 15.2 Å². The van der Waals surface area contributed by atoms with Crippen LogP contribution in [0.4, 0.5) is 0 Å². The Hall–Kier alpha value is -3.52. The lowest BCUT2D eigenvalue weighted by Gasteiger charge is -2.41. The monoisotopic (exact) mass is 885 g/mol. The van der Waals surface area contributed by atoms with E-state index in [1.54, 1.807) is 38.1 Å². The van der Waals surface area contributed by atoms with E-state index in [0.717, 1.165) is 18.4 Å². The maximum absolute atomic E-state index is 14.7. The van der Waals surface area contributed by atoms with Crippen LogP contribution in [-0.2, 0) is 38.2 Å². The molecule has 1 aliphatic heterocycles. The molecule has 0 aliphatic carbocycles. The van der Waals surface area contributed by atoms with Gasteiger partial charge in [-0.1, -0.05) is 98.6 Å². The number of ether oxygens (including phenoxy) is 2. The van der Waals surface area contributed by atoms with Gasteiger partial charge < -0.3 is 39.8 Å². The van der Waals surface area contributed by atoms with Crippen LogP contribution >= 0.6 is 0 Å². The molecule has 11 atom stereocenters. The number of ketones is 3. The molecule has 63 heavy (non-hydrogen) atoms. The van der Waals surface area contributed by atoms with Crippen molar-refractivity contribution in [2.24, 2.45) is 47.2 Å². The molecule has 0 aromatic heterocycles. The van der Waals surface area contributed by atoms with Gasteiger partial charge in [0.2, 0.25) is 17.7 Å². The molecule has 358 valence electrons. The molecule has 1 aliphatic rings. The minimum absolute atomic E-state index is 0.000986. The molecule has 13 heteroatoms. The molecule has 1 saturated heterocycles. The summed E-state index contributed by atoms with van der Waals surface area (Å²) in [6.45, 7) is 17.8. The molecule has 3 N–H and O–H groups in total. The fraction of sp³-hybridized carbons (Fsp3) is 0.760. The summed E-state index contributed by atoms with van der Waals surface area (Å²) in [4.78, 5) is 88.0. The van der Waals surface area contributed by atoms with Crippen molar-refractivity contribution in [3.8, 4) is 0 Å². The fourth-order valence-corrected chi connectivity index (χ4v) is 9.80. The van der Waals surface area contributed by atoms with Crippen LogP contribution in [0.15, 0.2) is 30.3 Å². The molecule has 3 amide bonds. The van der Waals surface area contributed by atoms with Gasteiger partial charge in [0.25, 0.3) is 0 Å². The molecule has 0 unspecified atom stereocenters. The fourth-order valence-electron chi connectivity index (χ4n) is 9.80. The zero-order chi connectivity index (χ0) is 47.7. The van der Waals surface area contributed by atoms with Crippen LogP contribution in [0.1, 0.15) is 138 Å². The highest BCUT2D eigenvalue weighted by Gasteiger charge is 2.44. The van der Waals surface area contributed by atoms with Gasteiger partial charge in [0.05, 0.1) is 42.9 Å². The van der Waals surface area contributed by atoms with E-state index in [1.807, 2.05) is 85.7 Å². The Balaban J connectivity index is 2.30. The Labute approximate surface area is 379 Å². The first-order chi connectivity index (χ1) is 29.7. The van der Waals surface area contributed by atoms with Gasteiger partial charge in [-0.25, -0.2) is 0 Å². The smallest absolute Gasteiger partial charge is 0.226 e. The van der Waals surface area contributed by atoms with Crippen molar-refractivity contribution in [1.29, 1.82) is 0 Å². The van der Waals surface area contributed by atoms with Crippen LogP contribution < -0.4 is 5.73 Å². The number of Topliss-reactive ketones (excluding diaryl/α,β-unsaturated/α-hetero) is 3. The molecule has 1 fully saturated rings. The summed E-state index contributed by atoms with van der Waals surface area (Å²) in [7, 11) is 6.47. The zero-order valence-corrected chi connectivity index (χ0v) is 41.0. The third-order valence-electron chi connectivity index (χ3n) is 13.7. The number of hydrogen-bond acceptors (Lipinski definition) is 10. The molecule has 0 saturated carbocycles. The lowest BCUT2D eigenvalue weighted by molar-refractivity contribution is -0.150. The lowest BCUT2D eigenvalue weighted by atomic mass is 9.83. The third kappa shape index (κ3) is 15.6. The van der Waals surface area contributed by atoms with Crippen molar-refractivity contribution in [3.05, 3.63) is 35.9 Å². The average molecular weight is 885 g/mol. The summed E-state index contributed by atoms with van der Waals surface area (Å²) >= 11 is 0. The van der Waals surface area contributed by atoms with Crippen molar-refractivity contribution in [1.82, 2.24) is 14.7 Å². The molecule has 1 aromatic rings. The summed E-state index contributed by atoms with van der Waals surface area (Å²) in [5.41, 5.74) is 6.45. The number of benzene rings is 1. The molecule has 2 rings (SSSR count). The average Bonchev–Trinajstić information content (AvgIpc) is 3.73. The Morgan fingerprint density at radius 3 is 1.97 bits per heavy atom. The van der Waals surface area contributed by atoms with E-state index in [-0.39, 0.29) is 90.5 Å². The first-order valence-electron chi connectivity index (χ1n) is 23.5. The van der Waals surface area contributed by atoms with E-state index in [9.17, 15) is 33.9 Å². The summed E-state index contributed by atoms with van der Waals surface area (Å²) in [6, 6.07) is 7.67. The Morgan fingerprint density at radius 1 is 0.810 bits per heavy atom. The van der Waals surface area contributed by atoms with Gasteiger partial charge >= 0.3 is 0 Å². The summed E-state index contributed by atoms with van der Waals surface area (Å²) in [5, 5.41) is 11.0. The molecule has 0 bridgehead atoms. The van der Waals surface area contributed by atoms with Crippen LogP contribution in [-0.4, -0.2) is 127 Å². The number of nitrogens with zero attached hydrogens (tertiary/aromatic N) is 3. The topological polar surface area (TPSA) is 177 Å². The van der Waals surface area contributed by atoms with Gasteiger partial charge in [0.15, 0.2) is 5.78 Å². The predicted molar refractivity (Wildman–Crippen MR) is 247 cm³/mol. The third-order valence-corrected chi connectivity index (χ3v) is 13.7. The number of likely N-dealkylation sites (N-methyl/N-ethyl adjacent to an activating group) is 2.